The zero-order valence-electron chi connectivity index (χ0n) is 15.0. The van der Waals surface area contributed by atoms with Crippen molar-refractivity contribution in [3.8, 4) is 17.5 Å². The maximum atomic E-state index is 13.1. The molecule has 0 atom stereocenters. The first-order chi connectivity index (χ1) is 14.1. The average molecular weight is 401 g/mol. The monoisotopic (exact) mass is 400 g/mol. The van der Waals surface area contributed by atoms with Crippen LogP contribution in [0.2, 0.25) is 5.02 Å². The zero-order chi connectivity index (χ0) is 20.4. The molecular weight excluding hydrogens is 388 g/mol. The third-order valence-electron chi connectivity index (χ3n) is 4.33. The number of nitriles is 1. The lowest BCUT2D eigenvalue weighted by atomic mass is 10.1. The molecule has 3 aromatic carbocycles. The Balaban J connectivity index is 1.89. The summed E-state index contributed by atoms with van der Waals surface area (Å²) in [7, 11) is 0. The van der Waals surface area contributed by atoms with Crippen molar-refractivity contribution >= 4 is 28.4 Å². The second-order valence-electron chi connectivity index (χ2n) is 6.24. The van der Waals surface area contributed by atoms with Crippen molar-refractivity contribution < 1.29 is 4.79 Å². The number of aromatic nitrogens is 2. The minimum atomic E-state index is -0.537. The minimum Gasteiger partial charge on any atom is -0.267 e. The predicted molar refractivity (Wildman–Crippen MR) is 111 cm³/mol. The van der Waals surface area contributed by atoms with Gasteiger partial charge in [-0.1, -0.05) is 41.9 Å². The molecule has 1 heterocycles. The molecule has 0 aliphatic heterocycles. The fourth-order valence-electron chi connectivity index (χ4n) is 2.95. The Hall–Kier alpha value is -3.95. The lowest BCUT2D eigenvalue weighted by molar-refractivity contribution is 0.101. The van der Waals surface area contributed by atoms with Gasteiger partial charge in [-0.3, -0.25) is 15.0 Å². The Kier molecular flexibility index (Phi) is 4.82. The minimum absolute atomic E-state index is 0.251. The van der Waals surface area contributed by atoms with Crippen LogP contribution in [0, 0.1) is 11.3 Å². The molecule has 0 unspecified atom stereocenters. The van der Waals surface area contributed by atoms with Crippen LogP contribution in [0.25, 0.3) is 22.3 Å². The van der Waals surface area contributed by atoms with Crippen molar-refractivity contribution in [2.24, 2.45) is 0 Å². The summed E-state index contributed by atoms with van der Waals surface area (Å²) in [4.78, 5) is 30.5. The van der Waals surface area contributed by atoms with E-state index in [1.807, 2.05) is 6.07 Å². The van der Waals surface area contributed by atoms with Gasteiger partial charge in [-0.05, 0) is 42.5 Å². The normalized spacial score (nSPS) is 10.5. The fourth-order valence-corrected chi connectivity index (χ4v) is 3.14. The Bertz CT molecular complexity index is 1360. The molecule has 4 aromatic rings. The van der Waals surface area contributed by atoms with E-state index in [9.17, 15) is 9.59 Å². The van der Waals surface area contributed by atoms with Gasteiger partial charge in [0.1, 0.15) is 0 Å². The molecular formula is C22H13ClN4O2. The van der Waals surface area contributed by atoms with Crippen LogP contribution in [0.15, 0.2) is 77.6 Å². The number of nitrogens with zero attached hydrogens (tertiary/aromatic N) is 3. The molecule has 0 bridgehead atoms. The number of para-hydroxylation sites is 1. The highest BCUT2D eigenvalue weighted by Crippen LogP contribution is 2.21. The second kappa shape index (κ2) is 7.58. The predicted octanol–water partition coefficient (Wildman–Crippen LogP) is 3.97. The summed E-state index contributed by atoms with van der Waals surface area (Å²) < 4.78 is 1.11. The summed E-state index contributed by atoms with van der Waals surface area (Å²) in [5.41, 5.74) is 3.86. The third-order valence-corrected chi connectivity index (χ3v) is 4.56. The van der Waals surface area contributed by atoms with Crippen molar-refractivity contribution in [3.63, 3.8) is 0 Å². The molecule has 1 aromatic heterocycles. The largest absolute Gasteiger partial charge is 0.280 e. The van der Waals surface area contributed by atoms with Crippen molar-refractivity contribution in [3.05, 3.63) is 99.3 Å². The van der Waals surface area contributed by atoms with Gasteiger partial charge in [0, 0.05) is 16.1 Å². The van der Waals surface area contributed by atoms with Gasteiger partial charge in [-0.2, -0.15) is 9.94 Å². The molecule has 0 saturated carbocycles. The van der Waals surface area contributed by atoms with Crippen molar-refractivity contribution in [1.82, 2.24) is 9.66 Å². The summed E-state index contributed by atoms with van der Waals surface area (Å²) in [6, 6.07) is 22.0. The molecule has 1 N–H and O–H groups in total. The van der Waals surface area contributed by atoms with Crippen LogP contribution in [0.1, 0.15) is 15.9 Å². The van der Waals surface area contributed by atoms with E-state index in [0.717, 1.165) is 4.68 Å². The number of benzene rings is 3. The second-order valence-corrected chi connectivity index (χ2v) is 6.67. The van der Waals surface area contributed by atoms with Crippen LogP contribution in [0.4, 0.5) is 0 Å². The van der Waals surface area contributed by atoms with E-state index in [4.69, 9.17) is 16.9 Å². The number of carbonyl (C=O) groups excluding carboxylic acids is 1. The Morgan fingerprint density at radius 3 is 2.62 bits per heavy atom. The number of carbonyl (C=O) groups is 1. The molecule has 0 saturated heterocycles. The Morgan fingerprint density at radius 2 is 1.83 bits per heavy atom. The highest BCUT2D eigenvalue weighted by molar-refractivity contribution is 6.30. The van der Waals surface area contributed by atoms with Crippen molar-refractivity contribution in [1.29, 1.82) is 5.26 Å². The van der Waals surface area contributed by atoms with E-state index >= 15 is 0 Å². The fraction of sp³-hybridized carbons (Fsp3) is 0. The SMILES string of the molecule is N#Cc1cccc(C(=O)Nn2c(-c3cccc(Cl)c3)nc3ccccc3c2=O)c1. The average Bonchev–Trinajstić information content (AvgIpc) is 2.75. The highest BCUT2D eigenvalue weighted by atomic mass is 35.5. The third kappa shape index (κ3) is 3.59. The number of rotatable bonds is 3. The van der Waals surface area contributed by atoms with E-state index < -0.39 is 11.5 Å². The van der Waals surface area contributed by atoms with E-state index in [0.29, 0.717) is 27.1 Å². The maximum absolute atomic E-state index is 13.1. The van der Waals surface area contributed by atoms with E-state index in [-0.39, 0.29) is 11.4 Å². The quantitative estimate of drug-likeness (QED) is 0.563. The topological polar surface area (TPSA) is 87.8 Å². The number of fused-ring (bicyclic) bond motifs is 1. The first kappa shape index (κ1) is 18.4. The summed E-state index contributed by atoms with van der Waals surface area (Å²) in [5.74, 6) is -0.287. The lowest BCUT2D eigenvalue weighted by Crippen LogP contribution is -2.35. The number of amides is 1. The Labute approximate surface area is 170 Å². The summed E-state index contributed by atoms with van der Waals surface area (Å²) in [6.07, 6.45) is 0. The summed E-state index contributed by atoms with van der Waals surface area (Å²) >= 11 is 6.11. The molecule has 0 spiro atoms. The van der Waals surface area contributed by atoms with Crippen LogP contribution in [0.5, 0.6) is 0 Å². The van der Waals surface area contributed by atoms with E-state index in [2.05, 4.69) is 10.4 Å². The molecule has 0 aliphatic carbocycles. The molecule has 0 radical (unpaired) electrons. The van der Waals surface area contributed by atoms with Gasteiger partial charge in [-0.15, -0.1) is 0 Å². The van der Waals surface area contributed by atoms with Gasteiger partial charge >= 0.3 is 0 Å². The van der Waals surface area contributed by atoms with Gasteiger partial charge < -0.3 is 0 Å². The number of nitrogens with one attached hydrogen (secondary N) is 1. The first-order valence-corrected chi connectivity index (χ1v) is 9.04. The van der Waals surface area contributed by atoms with Gasteiger partial charge in [0.05, 0.1) is 22.5 Å². The number of halogens is 1. The highest BCUT2D eigenvalue weighted by Gasteiger charge is 2.16. The zero-order valence-corrected chi connectivity index (χ0v) is 15.7. The van der Waals surface area contributed by atoms with Crippen LogP contribution in [0.3, 0.4) is 0 Å². The molecule has 29 heavy (non-hydrogen) atoms. The van der Waals surface area contributed by atoms with Crippen LogP contribution in [-0.2, 0) is 0 Å². The molecule has 140 valence electrons. The van der Waals surface area contributed by atoms with Crippen LogP contribution < -0.4 is 11.0 Å². The van der Waals surface area contributed by atoms with E-state index in [1.165, 1.54) is 6.07 Å². The van der Waals surface area contributed by atoms with E-state index in [1.54, 1.807) is 66.7 Å². The van der Waals surface area contributed by atoms with Crippen LogP contribution >= 0.6 is 11.6 Å². The number of hydrogen-bond acceptors (Lipinski definition) is 4. The van der Waals surface area contributed by atoms with Crippen molar-refractivity contribution in [2.45, 2.75) is 0 Å². The van der Waals surface area contributed by atoms with Crippen LogP contribution in [-0.4, -0.2) is 15.6 Å². The smallest absolute Gasteiger partial charge is 0.267 e. The Morgan fingerprint density at radius 1 is 1.03 bits per heavy atom. The lowest BCUT2D eigenvalue weighted by Gasteiger charge is -2.15. The molecule has 0 fully saturated rings. The maximum Gasteiger partial charge on any atom is 0.280 e. The number of hydrogen-bond donors (Lipinski definition) is 1. The van der Waals surface area contributed by atoms with Crippen molar-refractivity contribution in [2.75, 3.05) is 5.43 Å². The summed E-state index contributed by atoms with van der Waals surface area (Å²) in [5, 5.41) is 9.90. The van der Waals surface area contributed by atoms with Gasteiger partial charge in [0.15, 0.2) is 5.82 Å². The van der Waals surface area contributed by atoms with Gasteiger partial charge in [0.2, 0.25) is 0 Å². The molecule has 1 amide bonds. The molecule has 0 aliphatic rings. The molecule has 6 nitrogen and oxygen atoms in total. The van der Waals surface area contributed by atoms with Gasteiger partial charge in [0.25, 0.3) is 11.5 Å². The standard InChI is InChI=1S/C22H13ClN4O2/c23-17-8-4-6-15(12-17)20-25-19-10-2-1-9-18(19)22(29)27(20)26-21(28)16-7-3-5-14(11-16)13-24/h1-12H,(H,26,28). The molecule has 7 heteroatoms. The first-order valence-electron chi connectivity index (χ1n) is 8.66. The summed E-state index contributed by atoms with van der Waals surface area (Å²) in [6.45, 7) is 0. The van der Waals surface area contributed by atoms with Gasteiger partial charge in [-0.25, -0.2) is 4.98 Å². The molecule has 4 rings (SSSR count).